The van der Waals surface area contributed by atoms with Gasteiger partial charge in [0, 0.05) is 24.6 Å². The third-order valence-corrected chi connectivity index (χ3v) is 3.16. The fourth-order valence-electron chi connectivity index (χ4n) is 2.08. The lowest BCUT2D eigenvalue weighted by Gasteiger charge is -2.07. The van der Waals surface area contributed by atoms with Crippen LogP contribution in [0.25, 0.3) is 11.1 Å². The summed E-state index contributed by atoms with van der Waals surface area (Å²) in [5.74, 6) is 0. The Bertz CT molecular complexity index is 610. The van der Waals surface area contributed by atoms with E-state index in [9.17, 15) is 0 Å². The van der Waals surface area contributed by atoms with Gasteiger partial charge in [-0.3, -0.25) is 0 Å². The minimum Gasteiger partial charge on any atom is -0.381 e. The summed E-state index contributed by atoms with van der Waals surface area (Å²) >= 11 is 0. The van der Waals surface area contributed by atoms with Crippen molar-refractivity contribution >= 4 is 5.69 Å². The first kappa shape index (κ1) is 11.6. The van der Waals surface area contributed by atoms with Gasteiger partial charge < -0.3 is 10.3 Å². The smallest absolute Gasteiger partial charge is 0.0400 e. The summed E-state index contributed by atoms with van der Waals surface area (Å²) in [5.41, 5.74) is 4.88. The standard InChI is InChI=1S/C17H16N2/c1-2-4-14(5-3-1)12-19-17-8-6-15(7-9-17)16-10-11-18-13-16/h1-11,13,18-19H,12H2. The minimum absolute atomic E-state index is 0.852. The molecule has 0 spiro atoms. The molecule has 0 fully saturated rings. The molecular weight excluding hydrogens is 232 g/mol. The number of H-pyrrole nitrogens is 1. The van der Waals surface area contributed by atoms with E-state index in [1.165, 1.54) is 16.7 Å². The molecule has 0 aliphatic rings. The van der Waals surface area contributed by atoms with Gasteiger partial charge in [-0.25, -0.2) is 0 Å². The van der Waals surface area contributed by atoms with Crippen LogP contribution in [0, 0.1) is 0 Å². The van der Waals surface area contributed by atoms with Gasteiger partial charge in [0.15, 0.2) is 0 Å². The average molecular weight is 248 g/mol. The molecule has 0 amide bonds. The van der Waals surface area contributed by atoms with Gasteiger partial charge in [0.2, 0.25) is 0 Å². The van der Waals surface area contributed by atoms with E-state index >= 15 is 0 Å². The van der Waals surface area contributed by atoms with E-state index < -0.39 is 0 Å². The van der Waals surface area contributed by atoms with E-state index in [-0.39, 0.29) is 0 Å². The summed E-state index contributed by atoms with van der Waals surface area (Å²) in [6, 6.07) is 21.0. The lowest BCUT2D eigenvalue weighted by molar-refractivity contribution is 1.15. The zero-order valence-corrected chi connectivity index (χ0v) is 10.6. The molecule has 3 rings (SSSR count). The van der Waals surface area contributed by atoms with E-state index in [4.69, 9.17) is 0 Å². The van der Waals surface area contributed by atoms with Crippen LogP contribution in [0.5, 0.6) is 0 Å². The highest BCUT2D eigenvalue weighted by Crippen LogP contribution is 2.20. The molecule has 3 aromatic rings. The molecule has 19 heavy (non-hydrogen) atoms. The van der Waals surface area contributed by atoms with Crippen molar-refractivity contribution in [3.63, 3.8) is 0 Å². The van der Waals surface area contributed by atoms with E-state index in [1.807, 2.05) is 18.5 Å². The number of rotatable bonds is 4. The second-order valence-corrected chi connectivity index (χ2v) is 4.52. The number of aromatic amines is 1. The number of nitrogens with one attached hydrogen (secondary N) is 2. The van der Waals surface area contributed by atoms with Crippen molar-refractivity contribution in [3.8, 4) is 11.1 Å². The van der Waals surface area contributed by atoms with Crippen LogP contribution in [0.3, 0.4) is 0 Å². The summed E-state index contributed by atoms with van der Waals surface area (Å²) in [4.78, 5) is 3.07. The van der Waals surface area contributed by atoms with E-state index in [1.54, 1.807) is 0 Å². The molecule has 0 aliphatic carbocycles. The molecule has 0 radical (unpaired) electrons. The summed E-state index contributed by atoms with van der Waals surface area (Å²) in [6.45, 7) is 0.852. The molecule has 0 bridgehead atoms. The first-order valence-corrected chi connectivity index (χ1v) is 6.43. The number of hydrogen-bond donors (Lipinski definition) is 2. The van der Waals surface area contributed by atoms with Crippen molar-refractivity contribution in [3.05, 3.63) is 78.6 Å². The van der Waals surface area contributed by atoms with E-state index in [0.717, 1.165) is 12.2 Å². The highest BCUT2D eigenvalue weighted by molar-refractivity contribution is 5.65. The second kappa shape index (κ2) is 5.44. The molecule has 2 nitrogen and oxygen atoms in total. The summed E-state index contributed by atoms with van der Waals surface area (Å²) in [7, 11) is 0. The van der Waals surface area contributed by atoms with Crippen molar-refractivity contribution in [1.29, 1.82) is 0 Å². The maximum atomic E-state index is 3.43. The van der Waals surface area contributed by atoms with Gasteiger partial charge in [-0.1, -0.05) is 42.5 Å². The zero-order chi connectivity index (χ0) is 12.9. The van der Waals surface area contributed by atoms with Crippen LogP contribution >= 0.6 is 0 Å². The van der Waals surface area contributed by atoms with Gasteiger partial charge in [-0.05, 0) is 34.9 Å². The first-order valence-electron chi connectivity index (χ1n) is 6.43. The van der Waals surface area contributed by atoms with Crippen LogP contribution in [0.15, 0.2) is 73.1 Å². The number of benzene rings is 2. The Hall–Kier alpha value is -2.48. The molecule has 0 saturated carbocycles. The Morgan fingerprint density at radius 3 is 2.26 bits per heavy atom. The Morgan fingerprint density at radius 1 is 0.789 bits per heavy atom. The highest BCUT2D eigenvalue weighted by atomic mass is 14.9. The Labute approximate surface area is 113 Å². The number of aromatic nitrogens is 1. The second-order valence-electron chi connectivity index (χ2n) is 4.52. The molecular formula is C17H16N2. The van der Waals surface area contributed by atoms with Gasteiger partial charge in [0.1, 0.15) is 0 Å². The zero-order valence-electron chi connectivity index (χ0n) is 10.6. The van der Waals surface area contributed by atoms with E-state index in [0.29, 0.717) is 0 Å². The van der Waals surface area contributed by atoms with Crippen LogP contribution in [-0.2, 0) is 6.54 Å². The SMILES string of the molecule is c1ccc(CNc2ccc(-c3cc[nH]c3)cc2)cc1. The van der Waals surface area contributed by atoms with Crippen LogP contribution in [0.2, 0.25) is 0 Å². The van der Waals surface area contributed by atoms with Crippen molar-refractivity contribution in [2.75, 3.05) is 5.32 Å². The van der Waals surface area contributed by atoms with Crippen LogP contribution in [0.1, 0.15) is 5.56 Å². The van der Waals surface area contributed by atoms with Crippen molar-refractivity contribution in [1.82, 2.24) is 4.98 Å². The molecule has 1 heterocycles. The van der Waals surface area contributed by atoms with Crippen LogP contribution < -0.4 is 5.32 Å². The molecule has 2 N–H and O–H groups in total. The lowest BCUT2D eigenvalue weighted by Crippen LogP contribution is -1.98. The molecule has 2 aromatic carbocycles. The maximum absolute atomic E-state index is 3.43. The third-order valence-electron chi connectivity index (χ3n) is 3.16. The monoisotopic (exact) mass is 248 g/mol. The number of anilines is 1. The Morgan fingerprint density at radius 2 is 1.58 bits per heavy atom. The van der Waals surface area contributed by atoms with Crippen LogP contribution in [0.4, 0.5) is 5.69 Å². The molecule has 94 valence electrons. The topological polar surface area (TPSA) is 27.8 Å². The van der Waals surface area contributed by atoms with Gasteiger partial charge in [-0.2, -0.15) is 0 Å². The van der Waals surface area contributed by atoms with Gasteiger partial charge in [-0.15, -0.1) is 0 Å². The molecule has 0 saturated heterocycles. The van der Waals surface area contributed by atoms with E-state index in [2.05, 4.69) is 64.9 Å². The van der Waals surface area contributed by atoms with Crippen molar-refractivity contribution in [2.24, 2.45) is 0 Å². The fraction of sp³-hybridized carbons (Fsp3) is 0.0588. The summed E-state index contributed by atoms with van der Waals surface area (Å²) in [6.07, 6.45) is 3.95. The summed E-state index contributed by atoms with van der Waals surface area (Å²) < 4.78 is 0. The van der Waals surface area contributed by atoms with Crippen molar-refractivity contribution < 1.29 is 0 Å². The number of hydrogen-bond acceptors (Lipinski definition) is 1. The van der Waals surface area contributed by atoms with Gasteiger partial charge >= 0.3 is 0 Å². The molecule has 0 unspecified atom stereocenters. The molecule has 0 aliphatic heterocycles. The predicted molar refractivity (Wildman–Crippen MR) is 80.0 cm³/mol. The minimum atomic E-state index is 0.852. The first-order chi connectivity index (χ1) is 9.42. The molecule has 1 aromatic heterocycles. The quantitative estimate of drug-likeness (QED) is 0.708. The lowest BCUT2D eigenvalue weighted by atomic mass is 10.1. The summed E-state index contributed by atoms with van der Waals surface area (Å²) in [5, 5.41) is 3.43. The largest absolute Gasteiger partial charge is 0.381 e. The maximum Gasteiger partial charge on any atom is 0.0400 e. The fourth-order valence-corrected chi connectivity index (χ4v) is 2.08. The molecule has 0 atom stereocenters. The van der Waals surface area contributed by atoms with Gasteiger partial charge in [0.05, 0.1) is 0 Å². The van der Waals surface area contributed by atoms with Gasteiger partial charge in [0.25, 0.3) is 0 Å². The highest BCUT2D eigenvalue weighted by Gasteiger charge is 1.98. The third kappa shape index (κ3) is 2.86. The predicted octanol–water partition coefficient (Wildman–Crippen LogP) is 4.29. The average Bonchev–Trinajstić information content (AvgIpc) is 3.01. The Balaban J connectivity index is 1.67. The normalized spacial score (nSPS) is 10.3. The Kier molecular flexibility index (Phi) is 3.32. The van der Waals surface area contributed by atoms with Crippen LogP contribution in [-0.4, -0.2) is 4.98 Å². The van der Waals surface area contributed by atoms with Crippen molar-refractivity contribution in [2.45, 2.75) is 6.54 Å². The molecule has 2 heteroatoms.